The zero-order valence-electron chi connectivity index (χ0n) is 11.0. The summed E-state index contributed by atoms with van der Waals surface area (Å²) in [5.74, 6) is -1.07. The van der Waals surface area contributed by atoms with E-state index in [1.54, 1.807) is 0 Å². The van der Waals surface area contributed by atoms with Gasteiger partial charge in [-0.3, -0.25) is 4.79 Å². The van der Waals surface area contributed by atoms with E-state index in [1.165, 1.54) is 24.3 Å². The van der Waals surface area contributed by atoms with Gasteiger partial charge < -0.3 is 5.32 Å². The van der Waals surface area contributed by atoms with Crippen LogP contribution in [0.2, 0.25) is 0 Å². The van der Waals surface area contributed by atoms with Crippen LogP contribution in [0.5, 0.6) is 0 Å². The fourth-order valence-electron chi connectivity index (χ4n) is 1.82. The maximum atomic E-state index is 13.3. The molecule has 22 heavy (non-hydrogen) atoms. The Bertz CT molecular complexity index is 700. The van der Waals surface area contributed by atoms with Crippen molar-refractivity contribution in [3.05, 3.63) is 63.9 Å². The number of hydrogen-bond donors (Lipinski definition) is 1. The van der Waals surface area contributed by atoms with Crippen LogP contribution in [0.3, 0.4) is 0 Å². The summed E-state index contributed by atoms with van der Waals surface area (Å²) in [5.41, 5.74) is -0.352. The summed E-state index contributed by atoms with van der Waals surface area (Å²) in [7, 11) is 0. The summed E-state index contributed by atoms with van der Waals surface area (Å²) in [6, 6.07) is 8.55. The number of nitrogens with one attached hydrogen (secondary N) is 1. The van der Waals surface area contributed by atoms with E-state index >= 15 is 0 Å². The predicted molar refractivity (Wildman–Crippen MR) is 77.9 cm³/mol. The van der Waals surface area contributed by atoms with E-state index in [0.29, 0.717) is 0 Å². The van der Waals surface area contributed by atoms with Gasteiger partial charge in [0.05, 0.1) is 16.5 Å². The summed E-state index contributed by atoms with van der Waals surface area (Å²) in [5, 5.41) is 2.44. The average molecular weight is 376 g/mol. The van der Waals surface area contributed by atoms with Crippen molar-refractivity contribution in [2.24, 2.45) is 0 Å². The van der Waals surface area contributed by atoms with Crippen LogP contribution in [-0.4, -0.2) is 5.91 Å². The Hall–Kier alpha value is -1.89. The van der Waals surface area contributed by atoms with Gasteiger partial charge in [-0.15, -0.1) is 0 Å². The molecule has 2 nitrogen and oxygen atoms in total. The largest absolute Gasteiger partial charge is 0.416 e. The van der Waals surface area contributed by atoms with Crippen molar-refractivity contribution in [2.75, 3.05) is 5.32 Å². The Kier molecular flexibility index (Phi) is 4.85. The molecule has 0 aromatic heterocycles. The van der Waals surface area contributed by atoms with Crippen LogP contribution < -0.4 is 5.32 Å². The molecular weight excluding hydrogens is 366 g/mol. The molecule has 0 aliphatic rings. The molecule has 2 rings (SSSR count). The Balaban J connectivity index is 2.07. The number of anilines is 1. The Morgan fingerprint density at radius 1 is 1.14 bits per heavy atom. The second-order valence-electron chi connectivity index (χ2n) is 4.55. The van der Waals surface area contributed by atoms with Crippen molar-refractivity contribution >= 4 is 27.5 Å². The zero-order chi connectivity index (χ0) is 16.3. The van der Waals surface area contributed by atoms with Gasteiger partial charge in [-0.05, 0) is 45.8 Å². The molecule has 0 atom stereocenters. The quantitative estimate of drug-likeness (QED) is 0.767. The number of carbonyl (C=O) groups is 1. The fraction of sp³-hybridized carbons (Fsp3) is 0.133. The lowest BCUT2D eigenvalue weighted by Crippen LogP contribution is -2.15. The summed E-state index contributed by atoms with van der Waals surface area (Å²) < 4.78 is 51.3. The summed E-state index contributed by atoms with van der Waals surface area (Å²) in [6.45, 7) is 0. The normalized spacial score (nSPS) is 11.3. The number of amides is 1. The molecule has 2 aromatic rings. The second-order valence-corrected chi connectivity index (χ2v) is 5.41. The Labute approximate surface area is 132 Å². The van der Waals surface area contributed by atoms with Gasteiger partial charge in [0.25, 0.3) is 0 Å². The van der Waals surface area contributed by atoms with Crippen LogP contribution >= 0.6 is 15.9 Å². The number of hydrogen-bond acceptors (Lipinski definition) is 1. The molecule has 0 aliphatic heterocycles. The number of carbonyl (C=O) groups excluding carboxylic acids is 1. The van der Waals surface area contributed by atoms with Crippen molar-refractivity contribution in [3.8, 4) is 0 Å². The van der Waals surface area contributed by atoms with E-state index in [-0.39, 0.29) is 22.1 Å². The summed E-state index contributed by atoms with van der Waals surface area (Å²) in [6.07, 6.45) is -4.69. The van der Waals surface area contributed by atoms with Crippen molar-refractivity contribution in [1.29, 1.82) is 0 Å². The smallest absolute Gasteiger partial charge is 0.326 e. The van der Waals surface area contributed by atoms with E-state index in [4.69, 9.17) is 0 Å². The van der Waals surface area contributed by atoms with Crippen LogP contribution in [-0.2, 0) is 17.4 Å². The molecule has 0 bridgehead atoms. The second kappa shape index (κ2) is 6.48. The first-order valence-electron chi connectivity index (χ1n) is 6.17. The first-order valence-corrected chi connectivity index (χ1v) is 6.96. The third-order valence-corrected chi connectivity index (χ3v) is 3.47. The number of halogens is 5. The molecule has 0 unspecified atom stereocenters. The Morgan fingerprint density at radius 3 is 2.50 bits per heavy atom. The van der Waals surface area contributed by atoms with Gasteiger partial charge in [0, 0.05) is 5.69 Å². The SMILES string of the molecule is O=C(Cc1cccc(C(F)(F)F)c1)Nc1ccc(Br)c(F)c1. The number of alkyl halides is 3. The molecule has 0 spiro atoms. The van der Waals surface area contributed by atoms with Gasteiger partial charge in [0.2, 0.25) is 5.91 Å². The van der Waals surface area contributed by atoms with Crippen molar-refractivity contribution in [2.45, 2.75) is 12.6 Å². The van der Waals surface area contributed by atoms with Crippen LogP contribution in [0.25, 0.3) is 0 Å². The lowest BCUT2D eigenvalue weighted by Gasteiger charge is -2.09. The van der Waals surface area contributed by atoms with Gasteiger partial charge in [0.15, 0.2) is 0 Å². The highest BCUT2D eigenvalue weighted by Crippen LogP contribution is 2.29. The topological polar surface area (TPSA) is 29.1 Å². The van der Waals surface area contributed by atoms with Crippen LogP contribution in [0.4, 0.5) is 23.2 Å². The predicted octanol–water partition coefficient (Wildman–Crippen LogP) is 4.79. The van der Waals surface area contributed by atoms with E-state index in [2.05, 4.69) is 21.2 Å². The maximum absolute atomic E-state index is 13.3. The zero-order valence-corrected chi connectivity index (χ0v) is 12.6. The van der Waals surface area contributed by atoms with E-state index in [0.717, 1.165) is 18.2 Å². The molecule has 0 radical (unpaired) electrons. The van der Waals surface area contributed by atoms with Gasteiger partial charge in [-0.25, -0.2) is 4.39 Å². The minimum absolute atomic E-state index is 0.227. The maximum Gasteiger partial charge on any atom is 0.416 e. The molecule has 7 heteroatoms. The Morgan fingerprint density at radius 2 is 1.86 bits per heavy atom. The molecule has 0 fully saturated rings. The minimum atomic E-state index is -4.46. The van der Waals surface area contributed by atoms with Gasteiger partial charge >= 0.3 is 6.18 Å². The lowest BCUT2D eigenvalue weighted by molar-refractivity contribution is -0.137. The summed E-state index contributed by atoms with van der Waals surface area (Å²) >= 11 is 2.98. The number of benzene rings is 2. The first-order chi connectivity index (χ1) is 10.3. The van der Waals surface area contributed by atoms with Crippen molar-refractivity contribution in [1.82, 2.24) is 0 Å². The monoisotopic (exact) mass is 375 g/mol. The average Bonchev–Trinajstić information content (AvgIpc) is 2.42. The van der Waals surface area contributed by atoms with Crippen LogP contribution in [0.15, 0.2) is 46.9 Å². The molecule has 0 saturated carbocycles. The standard InChI is InChI=1S/C15H10BrF4NO/c16-12-5-4-11(8-13(12)17)21-14(22)7-9-2-1-3-10(6-9)15(18,19)20/h1-6,8H,7H2,(H,21,22). The molecule has 0 aliphatic carbocycles. The molecule has 1 N–H and O–H groups in total. The molecular formula is C15H10BrF4NO. The van der Waals surface area contributed by atoms with E-state index in [1.807, 2.05) is 0 Å². The molecule has 1 amide bonds. The van der Waals surface area contributed by atoms with Gasteiger partial charge in [-0.1, -0.05) is 18.2 Å². The minimum Gasteiger partial charge on any atom is -0.326 e. The number of rotatable bonds is 3. The van der Waals surface area contributed by atoms with Gasteiger partial charge in [0.1, 0.15) is 5.82 Å². The third-order valence-electron chi connectivity index (χ3n) is 2.82. The van der Waals surface area contributed by atoms with Gasteiger partial charge in [-0.2, -0.15) is 13.2 Å². The van der Waals surface area contributed by atoms with Crippen LogP contribution in [0, 0.1) is 5.82 Å². The van der Waals surface area contributed by atoms with Crippen molar-refractivity contribution in [3.63, 3.8) is 0 Å². The van der Waals surface area contributed by atoms with E-state index < -0.39 is 23.5 Å². The van der Waals surface area contributed by atoms with E-state index in [9.17, 15) is 22.4 Å². The first kappa shape index (κ1) is 16.5. The highest BCUT2D eigenvalue weighted by atomic mass is 79.9. The van der Waals surface area contributed by atoms with Crippen LogP contribution in [0.1, 0.15) is 11.1 Å². The highest BCUT2D eigenvalue weighted by molar-refractivity contribution is 9.10. The molecule has 0 heterocycles. The molecule has 0 saturated heterocycles. The highest BCUT2D eigenvalue weighted by Gasteiger charge is 2.30. The third kappa shape index (κ3) is 4.30. The molecule has 116 valence electrons. The molecule has 2 aromatic carbocycles. The fourth-order valence-corrected chi connectivity index (χ4v) is 2.07. The lowest BCUT2D eigenvalue weighted by atomic mass is 10.1. The van der Waals surface area contributed by atoms with Crippen molar-refractivity contribution < 1.29 is 22.4 Å². The summed E-state index contributed by atoms with van der Waals surface area (Å²) in [4.78, 5) is 11.8.